The van der Waals surface area contributed by atoms with E-state index >= 15 is 0 Å². The lowest BCUT2D eigenvalue weighted by molar-refractivity contribution is 0.481. The molecule has 1 rings (SSSR count). The number of benzene rings is 1. The second kappa shape index (κ2) is 4.80. The van der Waals surface area contributed by atoms with Crippen molar-refractivity contribution in [1.82, 2.24) is 0 Å². The molecule has 3 nitrogen and oxygen atoms in total. The van der Waals surface area contributed by atoms with Crippen LogP contribution in [0.3, 0.4) is 0 Å². The van der Waals surface area contributed by atoms with Gasteiger partial charge in [-0.15, -0.1) is 0 Å². The predicted octanol–water partition coefficient (Wildman–Crippen LogP) is 2.74. The van der Waals surface area contributed by atoms with Crippen LogP contribution in [-0.4, -0.2) is 13.0 Å². The van der Waals surface area contributed by atoms with Crippen LogP contribution in [0, 0.1) is 6.92 Å². The maximum atomic E-state index is 11.3. The van der Waals surface area contributed by atoms with E-state index in [2.05, 4.69) is 22.6 Å². The average Bonchev–Trinajstić information content (AvgIpc) is 2.14. The third-order valence-electron chi connectivity index (χ3n) is 2.17. The SMILES string of the molecule is CCc1cc(C)cc(CI)c1S(=O)(=O)O. The molecule has 0 fully saturated rings. The third kappa shape index (κ3) is 2.92. The van der Waals surface area contributed by atoms with Crippen molar-refractivity contribution < 1.29 is 13.0 Å². The summed E-state index contributed by atoms with van der Waals surface area (Å²) in [5.41, 5.74) is 2.38. The maximum absolute atomic E-state index is 11.3. The first-order chi connectivity index (χ1) is 6.90. The number of rotatable bonds is 3. The highest BCUT2D eigenvalue weighted by Gasteiger charge is 2.19. The van der Waals surface area contributed by atoms with E-state index in [9.17, 15) is 13.0 Å². The van der Waals surface area contributed by atoms with Crippen LogP contribution in [0.1, 0.15) is 23.6 Å². The summed E-state index contributed by atoms with van der Waals surface area (Å²) < 4.78 is 32.3. The van der Waals surface area contributed by atoms with Crippen LogP contribution in [0.25, 0.3) is 0 Å². The standard InChI is InChI=1S/C10H13IO3S/c1-3-8-4-7(2)5-9(6-11)10(8)15(12,13)14/h4-5H,3,6H2,1-2H3,(H,12,13,14). The van der Waals surface area contributed by atoms with Gasteiger partial charge in [0.25, 0.3) is 10.1 Å². The van der Waals surface area contributed by atoms with Crippen LogP contribution < -0.4 is 0 Å². The first kappa shape index (κ1) is 12.9. The maximum Gasteiger partial charge on any atom is 0.295 e. The van der Waals surface area contributed by atoms with Crippen molar-refractivity contribution in [1.29, 1.82) is 0 Å². The van der Waals surface area contributed by atoms with E-state index in [-0.39, 0.29) is 4.90 Å². The second-order valence-electron chi connectivity index (χ2n) is 3.37. The fourth-order valence-electron chi connectivity index (χ4n) is 1.62. The Balaban J connectivity index is 3.59. The van der Waals surface area contributed by atoms with Crippen molar-refractivity contribution in [3.05, 3.63) is 28.8 Å². The molecule has 0 aromatic heterocycles. The van der Waals surface area contributed by atoms with Crippen LogP contribution in [0.5, 0.6) is 0 Å². The summed E-state index contributed by atoms with van der Waals surface area (Å²) in [6.07, 6.45) is 0.598. The quantitative estimate of drug-likeness (QED) is 0.523. The first-order valence-electron chi connectivity index (χ1n) is 4.56. The molecule has 0 aliphatic rings. The Hall–Kier alpha value is -0.140. The number of hydrogen-bond acceptors (Lipinski definition) is 2. The molecule has 0 radical (unpaired) electrons. The molecule has 0 aliphatic carbocycles. The highest BCUT2D eigenvalue weighted by atomic mass is 127. The summed E-state index contributed by atoms with van der Waals surface area (Å²) in [4.78, 5) is 0.0880. The monoisotopic (exact) mass is 340 g/mol. The zero-order valence-electron chi connectivity index (χ0n) is 8.62. The van der Waals surface area contributed by atoms with Gasteiger partial charge in [0.1, 0.15) is 4.90 Å². The number of alkyl halides is 1. The summed E-state index contributed by atoms with van der Waals surface area (Å²) >= 11 is 2.09. The molecular formula is C10H13IO3S. The van der Waals surface area contributed by atoms with Gasteiger partial charge in [-0.05, 0) is 24.5 Å². The van der Waals surface area contributed by atoms with E-state index in [4.69, 9.17) is 0 Å². The summed E-state index contributed by atoms with van der Waals surface area (Å²) in [5.74, 6) is 0. The van der Waals surface area contributed by atoms with E-state index < -0.39 is 10.1 Å². The molecule has 0 atom stereocenters. The van der Waals surface area contributed by atoms with Crippen molar-refractivity contribution >= 4 is 32.7 Å². The van der Waals surface area contributed by atoms with Gasteiger partial charge < -0.3 is 0 Å². The van der Waals surface area contributed by atoms with Gasteiger partial charge in [-0.2, -0.15) is 8.42 Å². The molecule has 0 unspecified atom stereocenters. The van der Waals surface area contributed by atoms with E-state index in [0.717, 1.165) is 5.56 Å². The van der Waals surface area contributed by atoms with Gasteiger partial charge in [0.05, 0.1) is 0 Å². The van der Waals surface area contributed by atoms with Gasteiger partial charge in [0, 0.05) is 4.43 Å². The van der Waals surface area contributed by atoms with Gasteiger partial charge in [-0.3, -0.25) is 4.55 Å². The minimum absolute atomic E-state index is 0.0880. The minimum Gasteiger partial charge on any atom is -0.282 e. The number of aryl methyl sites for hydroxylation is 2. The Morgan fingerprint density at radius 1 is 1.33 bits per heavy atom. The van der Waals surface area contributed by atoms with Gasteiger partial charge in [-0.1, -0.05) is 47.2 Å². The lowest BCUT2D eigenvalue weighted by Crippen LogP contribution is -2.07. The molecule has 1 aromatic carbocycles. The zero-order valence-corrected chi connectivity index (χ0v) is 11.6. The van der Waals surface area contributed by atoms with Crippen molar-refractivity contribution in [2.45, 2.75) is 29.6 Å². The van der Waals surface area contributed by atoms with Crippen LogP contribution in [0.2, 0.25) is 0 Å². The highest BCUT2D eigenvalue weighted by molar-refractivity contribution is 14.1. The van der Waals surface area contributed by atoms with E-state index in [1.54, 1.807) is 12.1 Å². The highest BCUT2D eigenvalue weighted by Crippen LogP contribution is 2.25. The van der Waals surface area contributed by atoms with Crippen molar-refractivity contribution in [2.75, 3.05) is 0 Å². The summed E-state index contributed by atoms with van der Waals surface area (Å²) in [7, 11) is -4.11. The Morgan fingerprint density at radius 3 is 2.27 bits per heavy atom. The first-order valence-corrected chi connectivity index (χ1v) is 7.52. The molecule has 0 bridgehead atoms. The fraction of sp³-hybridized carbons (Fsp3) is 0.400. The van der Waals surface area contributed by atoms with E-state index in [1.807, 2.05) is 13.8 Å². The van der Waals surface area contributed by atoms with Crippen LogP contribution in [0.15, 0.2) is 17.0 Å². The van der Waals surface area contributed by atoms with Crippen molar-refractivity contribution in [3.63, 3.8) is 0 Å². The number of hydrogen-bond donors (Lipinski definition) is 1. The smallest absolute Gasteiger partial charge is 0.282 e. The van der Waals surface area contributed by atoms with Crippen molar-refractivity contribution in [2.24, 2.45) is 0 Å². The Morgan fingerprint density at radius 2 is 1.87 bits per heavy atom. The normalized spacial score (nSPS) is 11.7. The Labute approximate surface area is 104 Å². The minimum atomic E-state index is -4.11. The lowest BCUT2D eigenvalue weighted by atomic mass is 10.1. The average molecular weight is 340 g/mol. The Kier molecular flexibility index (Phi) is 4.13. The summed E-state index contributed by atoms with van der Waals surface area (Å²) in [6.45, 7) is 3.79. The molecule has 0 heterocycles. The zero-order chi connectivity index (χ0) is 11.6. The predicted molar refractivity (Wildman–Crippen MR) is 68.1 cm³/mol. The van der Waals surface area contributed by atoms with Gasteiger partial charge >= 0.3 is 0 Å². The molecule has 0 aliphatic heterocycles. The van der Waals surface area contributed by atoms with Gasteiger partial charge in [0.15, 0.2) is 0 Å². The van der Waals surface area contributed by atoms with Gasteiger partial charge in [-0.25, -0.2) is 0 Å². The molecule has 1 aromatic rings. The molecule has 0 saturated heterocycles. The van der Waals surface area contributed by atoms with Crippen LogP contribution >= 0.6 is 22.6 Å². The topological polar surface area (TPSA) is 54.4 Å². The molecule has 0 spiro atoms. The molecular weight excluding hydrogens is 327 g/mol. The lowest BCUT2D eigenvalue weighted by Gasteiger charge is -2.11. The molecule has 5 heteroatoms. The molecule has 84 valence electrons. The molecule has 0 amide bonds. The summed E-state index contributed by atoms with van der Waals surface area (Å²) in [5, 5.41) is 0. The molecule has 15 heavy (non-hydrogen) atoms. The summed E-state index contributed by atoms with van der Waals surface area (Å²) in [6, 6.07) is 3.60. The third-order valence-corrected chi connectivity index (χ3v) is 4.03. The van der Waals surface area contributed by atoms with E-state index in [1.165, 1.54) is 0 Å². The molecule has 0 saturated carbocycles. The van der Waals surface area contributed by atoms with Crippen molar-refractivity contribution in [3.8, 4) is 0 Å². The number of halogens is 1. The van der Waals surface area contributed by atoms with E-state index in [0.29, 0.717) is 22.0 Å². The van der Waals surface area contributed by atoms with Gasteiger partial charge in [0.2, 0.25) is 0 Å². The molecule has 1 N–H and O–H groups in total. The van der Waals surface area contributed by atoms with Crippen LogP contribution in [-0.2, 0) is 21.0 Å². The Bertz CT molecular complexity index is 441. The largest absolute Gasteiger partial charge is 0.295 e. The second-order valence-corrected chi connectivity index (χ2v) is 5.50. The van der Waals surface area contributed by atoms with Crippen LogP contribution in [0.4, 0.5) is 0 Å². The fourth-order valence-corrected chi connectivity index (χ4v) is 3.48.